The number of carboxylic acids is 1. The molecule has 0 atom stereocenters. The number of amides is 2. The molecule has 0 aliphatic heterocycles. The number of nitrogens with zero attached hydrogens (tertiary/aromatic N) is 2. The number of hydrogen-bond donors (Lipinski definition) is 2. The van der Waals surface area contributed by atoms with Gasteiger partial charge in [-0.25, -0.2) is 4.98 Å². The summed E-state index contributed by atoms with van der Waals surface area (Å²) in [5, 5.41) is 13.7. The number of hydrogen-bond acceptors (Lipinski definition) is 6. The molecule has 11 heteroatoms. The highest BCUT2D eigenvalue weighted by Crippen LogP contribution is 2.22. The number of nitrogens with one attached hydrogen (secondary N) is 1. The number of carboxylic acid groups (broad SMARTS) is 1. The first-order valence-electron chi connectivity index (χ1n) is 7.99. The highest BCUT2D eigenvalue weighted by molar-refractivity contribution is 7.13. The summed E-state index contributed by atoms with van der Waals surface area (Å²) in [5.74, 6) is -1.94. The van der Waals surface area contributed by atoms with Crippen LogP contribution in [-0.4, -0.2) is 59.6 Å². The van der Waals surface area contributed by atoms with E-state index in [-0.39, 0.29) is 41.8 Å². The van der Waals surface area contributed by atoms with Crippen molar-refractivity contribution in [2.24, 2.45) is 0 Å². The first kappa shape index (κ1) is 22.1. The number of ether oxygens (including phenoxy) is 1. The Morgan fingerprint density at radius 3 is 2.71 bits per heavy atom. The van der Waals surface area contributed by atoms with E-state index in [1.54, 1.807) is 5.38 Å². The van der Waals surface area contributed by atoms with Crippen LogP contribution in [0.5, 0.6) is 0 Å². The molecule has 1 aromatic heterocycles. The number of aliphatic carboxylic acids is 1. The van der Waals surface area contributed by atoms with Gasteiger partial charge in [-0.2, -0.15) is 0 Å². The molecule has 2 N–H and O–H groups in total. The van der Waals surface area contributed by atoms with E-state index < -0.39 is 17.8 Å². The highest BCUT2D eigenvalue weighted by Gasteiger charge is 2.21. The first-order chi connectivity index (χ1) is 13.3. The van der Waals surface area contributed by atoms with Gasteiger partial charge in [-0.05, 0) is 18.2 Å². The number of rotatable bonds is 9. The summed E-state index contributed by atoms with van der Waals surface area (Å²) >= 11 is 13.1. The average molecular weight is 446 g/mol. The first-order valence-corrected chi connectivity index (χ1v) is 9.63. The fraction of sp³-hybridized carbons (Fsp3) is 0.294. The van der Waals surface area contributed by atoms with Gasteiger partial charge < -0.3 is 20.1 Å². The van der Waals surface area contributed by atoms with E-state index >= 15 is 0 Å². The minimum absolute atomic E-state index is 0.170. The van der Waals surface area contributed by atoms with Crippen molar-refractivity contribution >= 4 is 57.5 Å². The third-order valence-electron chi connectivity index (χ3n) is 3.48. The molecule has 0 saturated carbocycles. The second kappa shape index (κ2) is 10.4. The van der Waals surface area contributed by atoms with Crippen LogP contribution in [0, 0.1) is 0 Å². The van der Waals surface area contributed by atoms with Crippen LogP contribution in [0.3, 0.4) is 0 Å². The zero-order valence-corrected chi connectivity index (χ0v) is 17.1. The number of benzene rings is 1. The number of aromatic nitrogens is 1. The van der Waals surface area contributed by atoms with E-state index in [9.17, 15) is 14.4 Å². The fourth-order valence-corrected chi connectivity index (χ4v) is 3.44. The summed E-state index contributed by atoms with van der Waals surface area (Å²) in [7, 11) is 1.48. The summed E-state index contributed by atoms with van der Waals surface area (Å²) in [5.41, 5.74) is 0.557. The van der Waals surface area contributed by atoms with Gasteiger partial charge in [-0.15, -0.1) is 11.3 Å². The molecule has 28 heavy (non-hydrogen) atoms. The lowest BCUT2D eigenvalue weighted by Crippen LogP contribution is -2.40. The molecule has 0 fully saturated rings. The molecule has 0 aliphatic rings. The van der Waals surface area contributed by atoms with E-state index in [1.807, 2.05) is 0 Å². The topological polar surface area (TPSA) is 109 Å². The van der Waals surface area contributed by atoms with Crippen LogP contribution in [-0.2, 0) is 20.7 Å². The number of halogens is 2. The van der Waals surface area contributed by atoms with Crippen LogP contribution < -0.4 is 5.32 Å². The van der Waals surface area contributed by atoms with E-state index in [1.165, 1.54) is 30.2 Å². The summed E-state index contributed by atoms with van der Waals surface area (Å²) in [6.45, 7) is 0.142. The summed E-state index contributed by atoms with van der Waals surface area (Å²) in [6.07, 6.45) is -0.236. The second-order valence-corrected chi connectivity index (χ2v) is 7.31. The summed E-state index contributed by atoms with van der Waals surface area (Å²) in [6, 6.07) is 4.48. The Kier molecular flexibility index (Phi) is 8.18. The Morgan fingerprint density at radius 2 is 2.07 bits per heavy atom. The van der Waals surface area contributed by atoms with Crippen LogP contribution in [0.1, 0.15) is 16.1 Å². The Morgan fingerprint density at radius 1 is 1.32 bits per heavy atom. The molecule has 0 aliphatic carbocycles. The molecular formula is C17H17Cl2N3O5S. The highest BCUT2D eigenvalue weighted by atomic mass is 35.5. The van der Waals surface area contributed by atoms with Gasteiger partial charge in [-0.1, -0.05) is 23.2 Å². The third kappa shape index (κ3) is 6.45. The number of thiazole rings is 1. The van der Waals surface area contributed by atoms with E-state index in [2.05, 4.69) is 10.3 Å². The second-order valence-electron chi connectivity index (χ2n) is 5.61. The number of carbonyl (C=O) groups is 3. The summed E-state index contributed by atoms with van der Waals surface area (Å²) < 4.78 is 5.00. The molecule has 1 aromatic carbocycles. The van der Waals surface area contributed by atoms with Crippen molar-refractivity contribution in [2.45, 2.75) is 6.42 Å². The normalized spacial score (nSPS) is 10.5. The van der Waals surface area contributed by atoms with Crippen LogP contribution in [0.15, 0.2) is 23.6 Å². The van der Waals surface area contributed by atoms with Crippen molar-refractivity contribution in [2.75, 3.05) is 32.1 Å². The third-order valence-corrected chi connectivity index (χ3v) is 4.83. The number of methoxy groups -OCH3 is 1. The van der Waals surface area contributed by atoms with Crippen molar-refractivity contribution in [1.82, 2.24) is 9.88 Å². The van der Waals surface area contributed by atoms with Gasteiger partial charge in [0.05, 0.1) is 29.3 Å². The minimum atomic E-state index is -1.01. The molecule has 2 amide bonds. The van der Waals surface area contributed by atoms with Gasteiger partial charge >= 0.3 is 5.97 Å². The van der Waals surface area contributed by atoms with Crippen molar-refractivity contribution in [3.05, 3.63) is 44.9 Å². The zero-order chi connectivity index (χ0) is 20.7. The van der Waals surface area contributed by atoms with Gasteiger partial charge in [0, 0.05) is 24.1 Å². The quantitative estimate of drug-likeness (QED) is 0.613. The van der Waals surface area contributed by atoms with Crippen LogP contribution in [0.25, 0.3) is 0 Å². The maximum absolute atomic E-state index is 12.8. The predicted molar refractivity (Wildman–Crippen MR) is 106 cm³/mol. The lowest BCUT2D eigenvalue weighted by molar-refractivity contribution is -0.136. The largest absolute Gasteiger partial charge is 0.481 e. The molecule has 0 spiro atoms. The molecule has 0 unspecified atom stereocenters. The van der Waals surface area contributed by atoms with E-state index in [4.69, 9.17) is 33.0 Å². The van der Waals surface area contributed by atoms with Gasteiger partial charge in [0.25, 0.3) is 5.91 Å². The Labute approximate surface area is 175 Å². The van der Waals surface area contributed by atoms with Crippen LogP contribution in [0.4, 0.5) is 5.13 Å². The lowest BCUT2D eigenvalue weighted by atomic mass is 10.2. The molecule has 0 saturated heterocycles. The van der Waals surface area contributed by atoms with Crippen LogP contribution in [0.2, 0.25) is 10.0 Å². The smallest absolute Gasteiger partial charge is 0.309 e. The van der Waals surface area contributed by atoms with E-state index in [0.29, 0.717) is 10.7 Å². The number of carbonyl (C=O) groups excluding carboxylic acids is 2. The van der Waals surface area contributed by atoms with Crippen molar-refractivity contribution < 1.29 is 24.2 Å². The van der Waals surface area contributed by atoms with Gasteiger partial charge in [0.1, 0.15) is 6.54 Å². The summed E-state index contributed by atoms with van der Waals surface area (Å²) in [4.78, 5) is 41.1. The fourth-order valence-electron chi connectivity index (χ4n) is 2.22. The van der Waals surface area contributed by atoms with Gasteiger partial charge in [-0.3, -0.25) is 14.4 Å². The predicted octanol–water partition coefficient (Wildman–Crippen LogP) is 2.80. The molecule has 2 rings (SSSR count). The standard InChI is InChI=1S/C17H17Cl2N3O5S/c1-27-5-4-22(16(26)12-3-2-10(18)6-13(12)19)8-14(23)21-17-20-11(9-28-17)7-15(24)25/h2-3,6,9H,4-5,7-8H2,1H3,(H,24,25)(H,20,21,23). The molecular weight excluding hydrogens is 429 g/mol. The Balaban J connectivity index is 2.08. The molecule has 1 heterocycles. The van der Waals surface area contributed by atoms with Gasteiger partial charge in [0.15, 0.2) is 5.13 Å². The molecule has 150 valence electrons. The molecule has 2 aromatic rings. The van der Waals surface area contributed by atoms with Crippen molar-refractivity contribution in [3.8, 4) is 0 Å². The monoisotopic (exact) mass is 445 g/mol. The Hall–Kier alpha value is -2.20. The lowest BCUT2D eigenvalue weighted by Gasteiger charge is -2.22. The molecule has 8 nitrogen and oxygen atoms in total. The van der Waals surface area contributed by atoms with E-state index in [0.717, 1.165) is 11.3 Å². The average Bonchev–Trinajstić information content (AvgIpc) is 3.04. The molecule has 0 bridgehead atoms. The zero-order valence-electron chi connectivity index (χ0n) is 14.8. The number of anilines is 1. The minimum Gasteiger partial charge on any atom is -0.481 e. The van der Waals surface area contributed by atoms with Crippen molar-refractivity contribution in [3.63, 3.8) is 0 Å². The maximum Gasteiger partial charge on any atom is 0.309 e. The maximum atomic E-state index is 12.8. The van der Waals surface area contributed by atoms with Crippen molar-refractivity contribution in [1.29, 1.82) is 0 Å². The van der Waals surface area contributed by atoms with Crippen LogP contribution >= 0.6 is 34.5 Å². The molecule has 0 radical (unpaired) electrons. The van der Waals surface area contributed by atoms with Gasteiger partial charge in [0.2, 0.25) is 5.91 Å². The Bertz CT molecular complexity index is 874. The SMILES string of the molecule is COCCN(CC(=O)Nc1nc(CC(=O)O)cs1)C(=O)c1ccc(Cl)cc1Cl.